The molecule has 2 aliphatic heterocycles. The molecule has 1 aromatic rings. The van der Waals surface area contributed by atoms with Crippen LogP contribution in [-0.2, 0) is 25.1 Å². The molecular formula is C18H25FN5O3S-. The van der Waals surface area contributed by atoms with Crippen molar-refractivity contribution in [2.75, 3.05) is 11.9 Å². The van der Waals surface area contributed by atoms with Crippen LogP contribution < -0.4 is 10.6 Å². The summed E-state index contributed by atoms with van der Waals surface area (Å²) in [6.07, 6.45) is -0.216. The molecule has 0 aromatic carbocycles. The molecule has 1 aromatic heterocycles. The maximum absolute atomic E-state index is 14.9. The Balaban J connectivity index is 2.28. The first kappa shape index (κ1) is 20.5. The van der Waals surface area contributed by atoms with Crippen molar-refractivity contribution < 1.29 is 18.1 Å². The number of ether oxygens (including phenoxy) is 1. The summed E-state index contributed by atoms with van der Waals surface area (Å²) in [6.45, 7) is 9.10. The molecule has 0 fully saturated rings. The minimum Gasteiger partial charge on any atom is -0.444 e. The highest BCUT2D eigenvalue weighted by Gasteiger charge is 2.39. The number of halogens is 1. The Morgan fingerprint density at radius 2 is 2.04 bits per heavy atom. The zero-order valence-electron chi connectivity index (χ0n) is 16.6. The quantitative estimate of drug-likeness (QED) is 0.728. The van der Waals surface area contributed by atoms with E-state index in [4.69, 9.17) is 9.73 Å². The Morgan fingerprint density at radius 3 is 2.64 bits per heavy atom. The molecule has 0 saturated carbocycles. The third kappa shape index (κ3) is 3.96. The van der Waals surface area contributed by atoms with Crippen LogP contribution in [0, 0.1) is 11.7 Å². The van der Waals surface area contributed by atoms with Gasteiger partial charge in [0.05, 0.1) is 5.54 Å². The molecule has 3 rings (SSSR count). The van der Waals surface area contributed by atoms with Crippen molar-refractivity contribution in [3.8, 4) is 0 Å². The number of cyclic esters (lactones) is 1. The zero-order chi connectivity index (χ0) is 20.7. The molecule has 0 saturated heterocycles. The topological polar surface area (TPSA) is 105 Å². The normalized spacial score (nSPS) is 27.8. The number of fused-ring (bicyclic) bond motifs is 2. The van der Waals surface area contributed by atoms with Crippen molar-refractivity contribution in [2.45, 2.75) is 57.6 Å². The lowest BCUT2D eigenvalue weighted by Crippen LogP contribution is -2.44. The number of carbonyl (C=O) groups is 1. The summed E-state index contributed by atoms with van der Waals surface area (Å²) < 4.78 is 37.0. The highest BCUT2D eigenvalue weighted by atomic mass is 32.2. The average molecular weight is 410 g/mol. The van der Waals surface area contributed by atoms with Crippen LogP contribution in [0.15, 0.2) is 21.5 Å². The van der Waals surface area contributed by atoms with Gasteiger partial charge < -0.3 is 18.6 Å². The van der Waals surface area contributed by atoms with Gasteiger partial charge in [0, 0.05) is 12.5 Å². The predicted molar refractivity (Wildman–Crippen MR) is 105 cm³/mol. The van der Waals surface area contributed by atoms with Crippen LogP contribution in [0.1, 0.15) is 46.7 Å². The van der Waals surface area contributed by atoms with Crippen molar-refractivity contribution in [1.82, 2.24) is 10.3 Å². The molecule has 28 heavy (non-hydrogen) atoms. The van der Waals surface area contributed by atoms with Crippen molar-refractivity contribution in [2.24, 2.45) is 15.3 Å². The molecule has 2 aliphatic rings. The molecule has 10 heteroatoms. The van der Waals surface area contributed by atoms with E-state index in [0.29, 0.717) is 24.6 Å². The number of hydrogen-bond acceptors (Lipinski definition) is 8. The van der Waals surface area contributed by atoms with Crippen LogP contribution in [0.3, 0.4) is 0 Å². The summed E-state index contributed by atoms with van der Waals surface area (Å²) in [7, 11) is -1.54. The summed E-state index contributed by atoms with van der Waals surface area (Å²) in [6, 6.07) is 2.74. The molecule has 2 bridgehead atoms. The largest absolute Gasteiger partial charge is 0.444 e. The maximum atomic E-state index is 14.9. The Kier molecular flexibility index (Phi) is 5.35. The van der Waals surface area contributed by atoms with Crippen molar-refractivity contribution in [1.29, 1.82) is 0 Å². The van der Waals surface area contributed by atoms with Gasteiger partial charge in [-0.15, -0.1) is 0 Å². The number of amidine groups is 1. The van der Waals surface area contributed by atoms with Gasteiger partial charge in [-0.05, 0) is 44.6 Å². The van der Waals surface area contributed by atoms with Crippen LogP contribution in [0.2, 0.25) is 0 Å². The third-order valence-electron chi connectivity index (χ3n) is 4.71. The van der Waals surface area contributed by atoms with Gasteiger partial charge in [-0.25, -0.2) is 14.2 Å². The number of anilines is 1. The number of rotatable bonds is 2. The van der Waals surface area contributed by atoms with E-state index in [-0.39, 0.29) is 11.6 Å². The Morgan fingerprint density at radius 1 is 1.32 bits per heavy atom. The van der Waals surface area contributed by atoms with Gasteiger partial charge in [-0.3, -0.25) is 10.3 Å². The van der Waals surface area contributed by atoms with Crippen LogP contribution in [-0.4, -0.2) is 34.4 Å². The SMILES string of the molecule is CC(C)C1=NC(C)(C2CCN=[S-]2=O)c2nc(ccc2F)NC(C)(C)OC(=O)N1. The Bertz CT molecular complexity index is 910. The Labute approximate surface area is 165 Å². The lowest BCUT2D eigenvalue weighted by atomic mass is 9.90. The van der Waals surface area contributed by atoms with Crippen LogP contribution >= 0.6 is 0 Å². The molecule has 1 amide bonds. The molecule has 2 unspecified atom stereocenters. The number of carbonyl (C=O) groups excluding carboxylic acids is 1. The third-order valence-corrected chi connectivity index (χ3v) is 6.33. The first-order valence-electron chi connectivity index (χ1n) is 9.15. The Hall–Kier alpha value is -2.23. The van der Waals surface area contributed by atoms with Crippen molar-refractivity contribution in [3.05, 3.63) is 23.6 Å². The van der Waals surface area contributed by atoms with E-state index in [1.165, 1.54) is 12.1 Å². The number of nitrogens with zero attached hydrogens (tertiary/aromatic N) is 3. The molecule has 3 heterocycles. The van der Waals surface area contributed by atoms with Crippen molar-refractivity contribution >= 4 is 28.3 Å². The predicted octanol–water partition coefficient (Wildman–Crippen LogP) is 3.30. The fraction of sp³-hybridized carbons (Fsp3) is 0.611. The second-order valence-electron chi connectivity index (χ2n) is 7.88. The molecule has 154 valence electrons. The van der Waals surface area contributed by atoms with Gasteiger partial charge in [0.1, 0.15) is 23.2 Å². The molecule has 0 radical (unpaired) electrons. The average Bonchev–Trinajstić information content (AvgIpc) is 3.00. The van der Waals surface area contributed by atoms with E-state index in [1.54, 1.807) is 20.8 Å². The van der Waals surface area contributed by atoms with Gasteiger partial charge in [0.2, 0.25) is 0 Å². The summed E-state index contributed by atoms with van der Waals surface area (Å²) >= 11 is 0. The lowest BCUT2D eigenvalue weighted by molar-refractivity contribution is 0.0622. The van der Waals surface area contributed by atoms with E-state index in [9.17, 15) is 13.4 Å². The van der Waals surface area contributed by atoms with E-state index < -0.39 is 39.0 Å². The van der Waals surface area contributed by atoms with Crippen LogP contribution in [0.25, 0.3) is 0 Å². The van der Waals surface area contributed by atoms with Gasteiger partial charge in [0.15, 0.2) is 5.72 Å². The van der Waals surface area contributed by atoms with Gasteiger partial charge in [-0.2, -0.15) is 10.6 Å². The summed E-state index contributed by atoms with van der Waals surface area (Å²) in [5.41, 5.74) is -2.33. The fourth-order valence-corrected chi connectivity index (χ4v) is 4.65. The highest BCUT2D eigenvalue weighted by Crippen LogP contribution is 2.37. The number of amides is 1. The van der Waals surface area contributed by atoms with Crippen LogP contribution in [0.5, 0.6) is 0 Å². The first-order valence-corrected chi connectivity index (χ1v) is 10.3. The van der Waals surface area contributed by atoms with E-state index in [2.05, 4.69) is 20.0 Å². The minimum absolute atomic E-state index is 0.0537. The van der Waals surface area contributed by atoms with Crippen molar-refractivity contribution in [3.63, 3.8) is 0 Å². The summed E-state index contributed by atoms with van der Waals surface area (Å²) in [5, 5.41) is 5.08. The summed E-state index contributed by atoms with van der Waals surface area (Å²) in [5.74, 6) is -0.125. The second kappa shape index (κ2) is 7.31. The number of aromatic nitrogens is 1. The smallest absolute Gasteiger partial charge is 0.414 e. The molecule has 2 atom stereocenters. The number of nitrogens with one attached hydrogen (secondary N) is 2. The molecular weight excluding hydrogens is 385 g/mol. The molecule has 2 N–H and O–H groups in total. The van der Waals surface area contributed by atoms with E-state index in [1.807, 2.05) is 13.8 Å². The van der Waals surface area contributed by atoms with E-state index >= 15 is 0 Å². The summed E-state index contributed by atoms with van der Waals surface area (Å²) in [4.78, 5) is 21.6. The maximum Gasteiger partial charge on any atom is 0.414 e. The number of hydrogen-bond donors (Lipinski definition) is 2. The molecule has 0 spiro atoms. The van der Waals surface area contributed by atoms with E-state index in [0.717, 1.165) is 0 Å². The van der Waals surface area contributed by atoms with Gasteiger partial charge in [0.25, 0.3) is 0 Å². The standard InChI is InChI=1S/C18H25FN5O3S/c1-10(2)15-22-16(25)27-17(3,4)23-13-7-6-11(19)14(21-13)18(5,24-15)12-8-9-20-28(12)26/h6-7,10,12H,8-9H2,1-5H3,(H,21,23)(H,22,24,25)/q-1. The molecule has 0 aliphatic carbocycles. The number of pyridine rings is 1. The monoisotopic (exact) mass is 410 g/mol. The first-order chi connectivity index (χ1) is 13.0. The minimum atomic E-state index is -1.54. The molecule has 8 nitrogen and oxygen atoms in total. The fourth-order valence-electron chi connectivity index (χ4n) is 3.32. The zero-order valence-corrected chi connectivity index (χ0v) is 17.4. The number of alkyl carbamates (subject to hydrolysis) is 1. The van der Waals surface area contributed by atoms with Gasteiger partial charge in [-0.1, -0.05) is 13.8 Å². The lowest BCUT2D eigenvalue weighted by Gasteiger charge is -2.35. The highest BCUT2D eigenvalue weighted by molar-refractivity contribution is 7.75. The second-order valence-corrected chi connectivity index (χ2v) is 9.26. The number of aliphatic imine (C=N–C) groups is 1. The van der Waals surface area contributed by atoms with Gasteiger partial charge >= 0.3 is 6.09 Å². The van der Waals surface area contributed by atoms with Crippen LogP contribution in [0.4, 0.5) is 15.0 Å².